The molecule has 0 aliphatic rings. The molecule has 0 aliphatic heterocycles. The molecule has 13 heteroatoms. The zero-order chi connectivity index (χ0) is 22.7. The monoisotopic (exact) mass is 454 g/mol. The highest BCUT2D eigenvalue weighted by atomic mass is 35.5. The molecular formula is C16H15ClF8N2O2. The molecule has 0 atom stereocenters. The molecule has 0 bridgehead atoms. The molecule has 0 radical (unpaired) electrons. The van der Waals surface area contributed by atoms with Crippen molar-refractivity contribution in [2.75, 3.05) is 6.61 Å². The molecule has 164 valence electrons. The standard InChI is InChI=1S/C16H15ClF8N2O2/c1-4-29-13(28)8-7(5-6(2)3)9(27-14(17)16(23,24)25)10(12(18)19)26-11(8)15(20,21)22/h6,12H,4-5H2,1-3H3. The maximum atomic E-state index is 13.4. The lowest BCUT2D eigenvalue weighted by Crippen LogP contribution is -2.23. The lowest BCUT2D eigenvalue weighted by molar-refractivity contribution is -0.142. The average Bonchev–Trinajstić information content (AvgIpc) is 2.53. The van der Waals surface area contributed by atoms with E-state index in [9.17, 15) is 39.9 Å². The first-order valence-corrected chi connectivity index (χ1v) is 8.39. The summed E-state index contributed by atoms with van der Waals surface area (Å²) in [6.07, 6.45) is -14.9. The summed E-state index contributed by atoms with van der Waals surface area (Å²) in [6.45, 7) is 3.79. The van der Waals surface area contributed by atoms with Crippen molar-refractivity contribution in [1.29, 1.82) is 0 Å². The van der Waals surface area contributed by atoms with Gasteiger partial charge in [-0.3, -0.25) is 0 Å². The number of esters is 1. The van der Waals surface area contributed by atoms with Crippen LogP contribution in [0, 0.1) is 5.92 Å². The SMILES string of the molecule is CCOC(=O)c1c(C(F)(F)F)nc(C(F)F)c(N=C(Cl)C(F)(F)F)c1CC(C)C. The van der Waals surface area contributed by atoms with Gasteiger partial charge in [0.15, 0.2) is 5.69 Å². The van der Waals surface area contributed by atoms with Gasteiger partial charge < -0.3 is 4.74 Å². The number of rotatable bonds is 6. The van der Waals surface area contributed by atoms with Crippen LogP contribution in [0.4, 0.5) is 40.8 Å². The second-order valence-corrected chi connectivity index (χ2v) is 6.42. The predicted octanol–water partition coefficient (Wildman–Crippen LogP) is 6.24. The Morgan fingerprint density at radius 2 is 1.72 bits per heavy atom. The molecule has 29 heavy (non-hydrogen) atoms. The van der Waals surface area contributed by atoms with Crippen LogP contribution in [0.1, 0.15) is 54.5 Å². The fraction of sp³-hybridized carbons (Fsp3) is 0.562. The second-order valence-electron chi connectivity index (χ2n) is 6.07. The molecule has 0 N–H and O–H groups in total. The Morgan fingerprint density at radius 3 is 2.10 bits per heavy atom. The minimum Gasteiger partial charge on any atom is -0.462 e. The van der Waals surface area contributed by atoms with Gasteiger partial charge in [0.25, 0.3) is 6.43 Å². The van der Waals surface area contributed by atoms with Gasteiger partial charge in [-0.25, -0.2) is 23.6 Å². The second kappa shape index (κ2) is 9.23. The van der Waals surface area contributed by atoms with Gasteiger partial charge in [-0.05, 0) is 24.8 Å². The van der Waals surface area contributed by atoms with Crippen molar-refractivity contribution in [3.63, 3.8) is 0 Å². The van der Waals surface area contributed by atoms with Crippen molar-refractivity contribution < 1.29 is 44.7 Å². The quantitative estimate of drug-likeness (QED) is 0.290. The fourth-order valence-electron chi connectivity index (χ4n) is 2.32. The minimum atomic E-state index is -5.37. The third kappa shape index (κ3) is 6.25. The Morgan fingerprint density at radius 1 is 1.17 bits per heavy atom. The Labute approximate surface area is 164 Å². The predicted molar refractivity (Wildman–Crippen MR) is 87.7 cm³/mol. The smallest absolute Gasteiger partial charge is 0.444 e. The van der Waals surface area contributed by atoms with Crippen LogP contribution in [0.25, 0.3) is 0 Å². The molecule has 0 unspecified atom stereocenters. The van der Waals surface area contributed by atoms with E-state index in [1.54, 1.807) is 0 Å². The third-order valence-electron chi connectivity index (χ3n) is 3.31. The number of hydrogen-bond acceptors (Lipinski definition) is 4. The van der Waals surface area contributed by atoms with Crippen LogP contribution in [0.3, 0.4) is 0 Å². The van der Waals surface area contributed by atoms with E-state index >= 15 is 0 Å². The number of pyridine rings is 1. The molecule has 0 saturated heterocycles. The van der Waals surface area contributed by atoms with Crippen molar-refractivity contribution >= 4 is 28.4 Å². The minimum absolute atomic E-state index is 0.379. The number of carbonyl (C=O) groups is 1. The van der Waals surface area contributed by atoms with Crippen LogP contribution in [-0.2, 0) is 17.3 Å². The first-order valence-electron chi connectivity index (χ1n) is 8.01. The van der Waals surface area contributed by atoms with Gasteiger partial charge in [0, 0.05) is 0 Å². The molecule has 1 heterocycles. The van der Waals surface area contributed by atoms with E-state index in [-0.39, 0.29) is 6.61 Å². The molecule has 0 amide bonds. The number of ether oxygens (including phenoxy) is 1. The molecule has 1 aromatic rings. The van der Waals surface area contributed by atoms with E-state index in [1.165, 1.54) is 20.8 Å². The Bertz CT molecular complexity index is 789. The van der Waals surface area contributed by atoms with Gasteiger partial charge in [0.2, 0.25) is 5.17 Å². The van der Waals surface area contributed by atoms with Gasteiger partial charge in [-0.15, -0.1) is 0 Å². The van der Waals surface area contributed by atoms with E-state index in [1.807, 2.05) is 0 Å². The topological polar surface area (TPSA) is 51.5 Å². The highest BCUT2D eigenvalue weighted by molar-refractivity contribution is 6.67. The number of hydrogen-bond donors (Lipinski definition) is 0. The summed E-state index contributed by atoms with van der Waals surface area (Å²) in [5.41, 5.74) is -7.00. The molecule has 0 aliphatic carbocycles. The van der Waals surface area contributed by atoms with E-state index in [2.05, 4.69) is 14.7 Å². The summed E-state index contributed by atoms with van der Waals surface area (Å²) in [5.74, 6) is -2.14. The summed E-state index contributed by atoms with van der Waals surface area (Å²) >= 11 is 5.01. The van der Waals surface area contributed by atoms with E-state index in [0.29, 0.717) is 0 Å². The van der Waals surface area contributed by atoms with Crippen molar-refractivity contribution in [3.8, 4) is 0 Å². The van der Waals surface area contributed by atoms with Gasteiger partial charge in [-0.1, -0.05) is 25.4 Å². The van der Waals surface area contributed by atoms with E-state index in [0.717, 1.165) is 0 Å². The summed E-state index contributed by atoms with van der Waals surface area (Å²) in [5, 5.41) is -2.11. The van der Waals surface area contributed by atoms with Gasteiger partial charge in [0.1, 0.15) is 5.69 Å². The van der Waals surface area contributed by atoms with Gasteiger partial charge >= 0.3 is 18.3 Å². The number of aromatic nitrogens is 1. The van der Waals surface area contributed by atoms with Crippen molar-refractivity contribution in [2.45, 2.75) is 46.0 Å². The summed E-state index contributed by atoms with van der Waals surface area (Å²) in [7, 11) is 0. The van der Waals surface area contributed by atoms with Gasteiger partial charge in [0.05, 0.1) is 17.9 Å². The third-order valence-corrected chi connectivity index (χ3v) is 3.61. The maximum absolute atomic E-state index is 13.4. The number of nitrogens with zero attached hydrogens (tertiary/aromatic N) is 2. The molecule has 0 saturated carbocycles. The van der Waals surface area contributed by atoms with Crippen LogP contribution in [-0.4, -0.2) is 28.9 Å². The molecular weight excluding hydrogens is 440 g/mol. The van der Waals surface area contributed by atoms with Crippen LogP contribution in [0.15, 0.2) is 4.99 Å². The molecule has 0 aromatic carbocycles. The van der Waals surface area contributed by atoms with Gasteiger partial charge in [-0.2, -0.15) is 26.3 Å². The van der Waals surface area contributed by atoms with Crippen molar-refractivity contribution in [3.05, 3.63) is 22.5 Å². The Balaban J connectivity index is 4.12. The molecule has 0 fully saturated rings. The summed E-state index contributed by atoms with van der Waals surface area (Å²) in [6, 6.07) is 0. The highest BCUT2D eigenvalue weighted by Crippen LogP contribution is 2.42. The average molecular weight is 455 g/mol. The van der Waals surface area contributed by atoms with Crippen LogP contribution >= 0.6 is 11.6 Å². The summed E-state index contributed by atoms with van der Waals surface area (Å²) in [4.78, 5) is 17.8. The zero-order valence-corrected chi connectivity index (χ0v) is 15.9. The molecule has 1 rings (SSSR count). The number of alkyl halides is 8. The number of carbonyl (C=O) groups excluding carboxylic acids is 1. The van der Waals surface area contributed by atoms with Crippen molar-refractivity contribution in [2.24, 2.45) is 10.9 Å². The zero-order valence-electron chi connectivity index (χ0n) is 15.2. The molecule has 1 aromatic heterocycles. The van der Waals surface area contributed by atoms with Crippen LogP contribution in [0.2, 0.25) is 0 Å². The first-order chi connectivity index (χ1) is 13.1. The number of halogens is 9. The molecule has 0 spiro atoms. The lowest BCUT2D eigenvalue weighted by Gasteiger charge is -2.21. The van der Waals surface area contributed by atoms with Crippen molar-refractivity contribution in [1.82, 2.24) is 4.98 Å². The van der Waals surface area contributed by atoms with E-state index < -0.39 is 70.5 Å². The maximum Gasteiger partial charge on any atom is 0.444 e. The number of aliphatic imine (C=N–C) groups is 1. The lowest BCUT2D eigenvalue weighted by atomic mass is 9.94. The fourth-order valence-corrected chi connectivity index (χ4v) is 2.40. The van der Waals surface area contributed by atoms with E-state index in [4.69, 9.17) is 11.6 Å². The molecule has 4 nitrogen and oxygen atoms in total. The highest BCUT2D eigenvalue weighted by Gasteiger charge is 2.43. The van der Waals surface area contributed by atoms with Crippen LogP contribution in [0.5, 0.6) is 0 Å². The normalized spacial score (nSPS) is 13.4. The Hall–Kier alpha value is -1.98. The first kappa shape index (κ1) is 25.1. The largest absolute Gasteiger partial charge is 0.462 e. The Kier molecular flexibility index (Phi) is 7.97. The van der Waals surface area contributed by atoms with Crippen LogP contribution < -0.4 is 0 Å². The summed E-state index contributed by atoms with van der Waals surface area (Å²) < 4.78 is 110.